The molecule has 0 saturated heterocycles. The molecule has 1 heterocycles. The Hall–Kier alpha value is 0. The minimum Gasteiger partial charge on any atom is -0.486 e. The lowest BCUT2D eigenvalue weighted by molar-refractivity contribution is -0.0448. The van der Waals surface area contributed by atoms with Gasteiger partial charge in [0.2, 0.25) is 11.5 Å². The van der Waals surface area contributed by atoms with Crippen molar-refractivity contribution in [1.82, 2.24) is 0 Å². The summed E-state index contributed by atoms with van der Waals surface area (Å²) >= 11 is 4.32. The first-order valence-electron chi connectivity index (χ1n) is 5.66. The van der Waals surface area contributed by atoms with E-state index >= 15 is 0 Å². The van der Waals surface area contributed by atoms with E-state index in [1.54, 1.807) is 0 Å². The fourth-order valence-electron chi connectivity index (χ4n) is 1.63. The summed E-state index contributed by atoms with van der Waals surface area (Å²) in [5, 5.41) is 18.2. The van der Waals surface area contributed by atoms with E-state index in [9.17, 15) is 5.11 Å². The van der Waals surface area contributed by atoms with E-state index < -0.39 is 11.9 Å². The van der Waals surface area contributed by atoms with Gasteiger partial charge in [0.15, 0.2) is 11.5 Å². The van der Waals surface area contributed by atoms with Gasteiger partial charge in [-0.15, -0.1) is 0 Å². The summed E-state index contributed by atoms with van der Waals surface area (Å²) < 4.78 is 18.8. The van der Waals surface area contributed by atoms with Gasteiger partial charge in [-0.25, -0.2) is 0 Å². The molecule has 0 aromatic heterocycles. The average Bonchev–Trinajstić information content (AvgIpc) is 2.64. The maximum Gasteiger partial charge on any atom is 0.246 e. The van der Waals surface area contributed by atoms with Gasteiger partial charge in [0, 0.05) is 13.8 Å². The number of aliphatic hydroxyl groups is 2. The van der Waals surface area contributed by atoms with Crippen LogP contribution in [0, 0.1) is 7.14 Å². The second kappa shape index (κ2) is 5.78. The molecule has 1 aromatic carbocycles. The van der Waals surface area contributed by atoms with E-state index in [0.29, 0.717) is 17.2 Å². The van der Waals surface area contributed by atoms with Crippen LogP contribution >= 0.6 is 45.2 Å². The van der Waals surface area contributed by atoms with Crippen molar-refractivity contribution in [1.29, 1.82) is 0 Å². The zero-order valence-corrected chi connectivity index (χ0v) is 14.8. The monoisotopic (exact) mass is 492 g/mol. The van der Waals surface area contributed by atoms with Gasteiger partial charge < -0.3 is 24.4 Å². The molecule has 19 heavy (non-hydrogen) atoms. The van der Waals surface area contributed by atoms with Gasteiger partial charge in [0.25, 0.3) is 0 Å². The quantitative estimate of drug-likeness (QED) is 0.632. The molecule has 0 saturated carbocycles. The zero-order valence-electron chi connectivity index (χ0n) is 10.4. The molecule has 1 aliphatic heterocycles. The third kappa shape index (κ3) is 3.37. The Morgan fingerprint density at radius 3 is 2.53 bits per heavy atom. The molecule has 0 amide bonds. The molecule has 106 valence electrons. The largest absolute Gasteiger partial charge is 0.486 e. The summed E-state index contributed by atoms with van der Waals surface area (Å²) in [6, 6.07) is 1.92. The molecule has 1 atom stereocenters. The summed E-state index contributed by atoms with van der Waals surface area (Å²) in [5.41, 5.74) is 0. The van der Waals surface area contributed by atoms with Crippen LogP contribution in [0.2, 0.25) is 0 Å². The SMILES string of the molecule is CC1(C)Oc2c(I)cc(I)c(OCC(O)CO)c2O1. The van der Waals surface area contributed by atoms with Crippen molar-refractivity contribution >= 4 is 45.2 Å². The number of aliphatic hydroxyl groups excluding tert-OH is 2. The van der Waals surface area contributed by atoms with Crippen molar-refractivity contribution in [2.45, 2.75) is 25.7 Å². The molecule has 0 spiro atoms. The summed E-state index contributed by atoms with van der Waals surface area (Å²) in [6.07, 6.45) is -0.916. The van der Waals surface area contributed by atoms with Crippen LogP contribution in [0.4, 0.5) is 0 Å². The first kappa shape index (κ1) is 15.4. The highest BCUT2D eigenvalue weighted by molar-refractivity contribution is 14.1. The van der Waals surface area contributed by atoms with Crippen LogP contribution in [0.1, 0.15) is 13.8 Å². The lowest BCUT2D eigenvalue weighted by Crippen LogP contribution is -2.30. The number of hydrogen-bond acceptors (Lipinski definition) is 5. The normalized spacial score (nSPS) is 17.4. The summed E-state index contributed by atoms with van der Waals surface area (Å²) in [7, 11) is 0. The van der Waals surface area contributed by atoms with E-state index in [1.165, 1.54) is 0 Å². The van der Waals surface area contributed by atoms with Gasteiger partial charge >= 0.3 is 0 Å². The van der Waals surface area contributed by atoms with Crippen LogP contribution in [-0.2, 0) is 0 Å². The second-order valence-electron chi connectivity index (χ2n) is 4.58. The molecule has 0 bridgehead atoms. The lowest BCUT2D eigenvalue weighted by Gasteiger charge is -2.17. The Labute approximate surface area is 138 Å². The third-order valence-electron chi connectivity index (χ3n) is 2.43. The maximum absolute atomic E-state index is 9.36. The predicted octanol–water partition coefficient (Wildman–Crippen LogP) is 2.14. The number of benzene rings is 1. The molecule has 1 aliphatic rings. The van der Waals surface area contributed by atoms with Crippen molar-refractivity contribution in [2.24, 2.45) is 0 Å². The van der Waals surface area contributed by atoms with E-state index in [1.807, 2.05) is 19.9 Å². The summed E-state index contributed by atoms with van der Waals surface area (Å²) in [6.45, 7) is 3.31. The van der Waals surface area contributed by atoms with Crippen LogP contribution in [0.25, 0.3) is 0 Å². The maximum atomic E-state index is 9.36. The predicted molar refractivity (Wildman–Crippen MR) is 85.8 cm³/mol. The Morgan fingerprint density at radius 1 is 1.26 bits per heavy atom. The number of halogens is 2. The van der Waals surface area contributed by atoms with Gasteiger partial charge in [0.1, 0.15) is 12.7 Å². The van der Waals surface area contributed by atoms with Crippen molar-refractivity contribution < 1.29 is 24.4 Å². The number of hydrogen-bond donors (Lipinski definition) is 2. The average molecular weight is 492 g/mol. The Bertz CT molecular complexity index is 489. The number of ether oxygens (including phenoxy) is 3. The molecular formula is C12H14I2O5. The molecule has 1 unspecified atom stereocenters. The van der Waals surface area contributed by atoms with Crippen LogP contribution < -0.4 is 14.2 Å². The van der Waals surface area contributed by atoms with Gasteiger partial charge in [0.05, 0.1) is 13.7 Å². The molecular weight excluding hydrogens is 478 g/mol. The molecule has 2 rings (SSSR count). The van der Waals surface area contributed by atoms with Crippen LogP contribution in [0.15, 0.2) is 6.07 Å². The molecule has 0 radical (unpaired) electrons. The molecule has 0 fully saturated rings. The van der Waals surface area contributed by atoms with E-state index in [0.717, 1.165) is 7.14 Å². The minimum absolute atomic E-state index is 0.00330. The number of rotatable bonds is 4. The van der Waals surface area contributed by atoms with Crippen LogP contribution in [0.3, 0.4) is 0 Å². The highest BCUT2D eigenvalue weighted by atomic mass is 127. The molecule has 1 aromatic rings. The van der Waals surface area contributed by atoms with Crippen molar-refractivity contribution in [3.05, 3.63) is 13.2 Å². The van der Waals surface area contributed by atoms with Gasteiger partial charge in [-0.2, -0.15) is 0 Å². The van der Waals surface area contributed by atoms with Crippen LogP contribution in [0.5, 0.6) is 17.2 Å². The number of fused-ring (bicyclic) bond motifs is 1. The Morgan fingerprint density at radius 2 is 1.89 bits per heavy atom. The summed E-state index contributed by atoms with van der Waals surface area (Å²) in [5.74, 6) is 1.00. The van der Waals surface area contributed by atoms with E-state index in [4.69, 9.17) is 19.3 Å². The molecule has 2 N–H and O–H groups in total. The standard InChI is InChI=1S/C12H14I2O5/c1-12(2)18-10-8(14)3-7(13)9(11(10)19-12)17-5-6(16)4-15/h3,6,15-16H,4-5H2,1-2H3. The minimum atomic E-state index is -0.916. The Kier molecular flexibility index (Phi) is 4.68. The van der Waals surface area contributed by atoms with Gasteiger partial charge in [-0.1, -0.05) is 0 Å². The highest BCUT2D eigenvalue weighted by Crippen LogP contribution is 2.50. The molecule has 5 nitrogen and oxygen atoms in total. The fourth-order valence-corrected chi connectivity index (χ4v) is 3.60. The molecule has 0 aliphatic carbocycles. The van der Waals surface area contributed by atoms with Crippen LogP contribution in [-0.4, -0.2) is 35.3 Å². The summed E-state index contributed by atoms with van der Waals surface area (Å²) in [4.78, 5) is 0. The first-order valence-corrected chi connectivity index (χ1v) is 7.81. The fraction of sp³-hybridized carbons (Fsp3) is 0.500. The second-order valence-corrected chi connectivity index (χ2v) is 6.90. The van der Waals surface area contributed by atoms with Crippen molar-refractivity contribution in [3.8, 4) is 17.2 Å². The van der Waals surface area contributed by atoms with Gasteiger partial charge in [-0.05, 0) is 51.2 Å². The third-order valence-corrected chi connectivity index (χ3v) is 4.03. The topological polar surface area (TPSA) is 68.2 Å². The smallest absolute Gasteiger partial charge is 0.246 e. The van der Waals surface area contributed by atoms with E-state index in [2.05, 4.69) is 45.2 Å². The van der Waals surface area contributed by atoms with Crippen molar-refractivity contribution in [3.63, 3.8) is 0 Å². The van der Waals surface area contributed by atoms with Crippen molar-refractivity contribution in [2.75, 3.05) is 13.2 Å². The highest BCUT2D eigenvalue weighted by Gasteiger charge is 2.37. The Balaban J connectivity index is 2.32. The van der Waals surface area contributed by atoms with E-state index in [-0.39, 0.29) is 13.2 Å². The van der Waals surface area contributed by atoms with Gasteiger partial charge in [-0.3, -0.25) is 0 Å². The zero-order chi connectivity index (χ0) is 14.2. The molecule has 7 heteroatoms. The first-order chi connectivity index (χ1) is 8.84. The lowest BCUT2D eigenvalue weighted by atomic mass is 10.3.